The van der Waals surface area contributed by atoms with E-state index in [1.54, 1.807) is 6.21 Å². The number of fused-ring (bicyclic) bond motifs is 1. The van der Waals surface area contributed by atoms with Crippen molar-refractivity contribution in [2.75, 3.05) is 6.54 Å². The Morgan fingerprint density at radius 2 is 1.96 bits per heavy atom. The van der Waals surface area contributed by atoms with Crippen LogP contribution in [-0.4, -0.2) is 23.3 Å². The Kier molecular flexibility index (Phi) is 5.71. The van der Waals surface area contributed by atoms with E-state index >= 15 is 0 Å². The van der Waals surface area contributed by atoms with E-state index in [1.807, 2.05) is 43.3 Å². The summed E-state index contributed by atoms with van der Waals surface area (Å²) >= 11 is 0. The predicted octanol–water partition coefficient (Wildman–Crippen LogP) is 1.84. The van der Waals surface area contributed by atoms with Gasteiger partial charge in [-0.25, -0.2) is 14.6 Å². The molecule has 1 heterocycles. The van der Waals surface area contributed by atoms with Crippen molar-refractivity contribution in [2.24, 2.45) is 29.9 Å². The molecule has 1 aromatic heterocycles. The van der Waals surface area contributed by atoms with Gasteiger partial charge in [-0.2, -0.15) is 5.10 Å². The van der Waals surface area contributed by atoms with Crippen molar-refractivity contribution in [1.82, 2.24) is 9.99 Å². The summed E-state index contributed by atoms with van der Waals surface area (Å²) in [6.07, 6.45) is 1.69. The van der Waals surface area contributed by atoms with Crippen LogP contribution in [0.3, 0.4) is 0 Å². The van der Waals surface area contributed by atoms with Gasteiger partial charge in [-0.15, -0.1) is 0 Å². The highest BCUT2D eigenvalue weighted by molar-refractivity contribution is 5.83. The maximum atomic E-state index is 5.97. The Morgan fingerprint density at radius 3 is 2.67 bits per heavy atom. The average molecular weight is 365 g/mol. The number of ether oxygens (including phenoxy) is 1. The molecule has 0 atom stereocenters. The van der Waals surface area contributed by atoms with Gasteiger partial charge in [0.1, 0.15) is 5.75 Å². The summed E-state index contributed by atoms with van der Waals surface area (Å²) in [4.78, 5) is 4.00. The van der Waals surface area contributed by atoms with Crippen LogP contribution in [0.1, 0.15) is 18.3 Å². The summed E-state index contributed by atoms with van der Waals surface area (Å²) in [5, 5.41) is 4.05. The van der Waals surface area contributed by atoms with Gasteiger partial charge in [0.05, 0.1) is 20.3 Å². The molecule has 0 fully saturated rings. The average Bonchev–Trinajstić information content (AvgIpc) is 2.92. The molecular formula is C20H25N6O+. The summed E-state index contributed by atoms with van der Waals surface area (Å²) in [7, 11) is 4.11. The van der Waals surface area contributed by atoms with Crippen molar-refractivity contribution >= 4 is 23.2 Å². The van der Waals surface area contributed by atoms with E-state index in [1.165, 1.54) is 11.0 Å². The number of nitrogens with two attached hydrogens (primary N) is 1. The third-order valence-electron chi connectivity index (χ3n) is 4.35. The first kappa shape index (κ1) is 18.4. The number of hydrazone groups is 1. The van der Waals surface area contributed by atoms with E-state index in [2.05, 4.69) is 50.9 Å². The van der Waals surface area contributed by atoms with Gasteiger partial charge in [0, 0.05) is 6.54 Å². The number of nitrogens with one attached hydrogen (secondary N) is 1. The number of guanidine groups is 1. The van der Waals surface area contributed by atoms with Crippen LogP contribution in [0.5, 0.6) is 5.75 Å². The number of nitrogens with zero attached hydrogens (tertiary/aromatic N) is 4. The van der Waals surface area contributed by atoms with Crippen molar-refractivity contribution in [1.29, 1.82) is 0 Å². The molecule has 3 rings (SSSR count). The summed E-state index contributed by atoms with van der Waals surface area (Å²) in [6, 6.07) is 16.0. The number of aliphatic imine (C=N–C) groups is 1. The molecule has 140 valence electrons. The molecule has 0 aliphatic rings. The summed E-state index contributed by atoms with van der Waals surface area (Å²) in [5.41, 5.74) is 11.6. The molecule has 0 aliphatic carbocycles. The summed E-state index contributed by atoms with van der Waals surface area (Å²) < 4.78 is 10.3. The zero-order chi connectivity index (χ0) is 19.2. The number of aryl methyl sites for hydroxylation is 2. The summed E-state index contributed by atoms with van der Waals surface area (Å²) in [6.45, 7) is 3.02. The van der Waals surface area contributed by atoms with Gasteiger partial charge in [0.15, 0.2) is 17.6 Å². The van der Waals surface area contributed by atoms with Gasteiger partial charge in [-0.1, -0.05) is 12.1 Å². The lowest BCUT2D eigenvalue weighted by Gasteiger charge is -2.05. The van der Waals surface area contributed by atoms with Crippen LogP contribution in [-0.2, 0) is 20.7 Å². The topological polar surface area (TPSA) is 80.8 Å². The standard InChI is InChI=1S/C20H25N6O/c1-4-22-20(21)24-23-13-15-9-11-16(12-10-15)27-14-19-25(2)17-7-5-6-8-18(17)26(19)3/h5-13H,4,14H2,1-3H3,(H3,21,22,24)/q+1. The van der Waals surface area contributed by atoms with Crippen LogP contribution in [0.2, 0.25) is 0 Å². The first-order valence-electron chi connectivity index (χ1n) is 8.84. The number of hydrogen-bond donors (Lipinski definition) is 2. The fourth-order valence-electron chi connectivity index (χ4n) is 2.90. The number of hydrogen-bond acceptors (Lipinski definition) is 3. The molecule has 0 saturated heterocycles. The minimum atomic E-state index is 0.302. The van der Waals surface area contributed by atoms with E-state index in [9.17, 15) is 0 Å². The molecule has 3 N–H and O–H groups in total. The second-order valence-electron chi connectivity index (χ2n) is 6.11. The molecule has 7 heteroatoms. The van der Waals surface area contributed by atoms with E-state index in [0.717, 1.165) is 17.1 Å². The van der Waals surface area contributed by atoms with Gasteiger partial charge in [-0.3, -0.25) is 4.99 Å². The number of benzene rings is 2. The Balaban J connectivity index is 1.64. The number of imidazole rings is 1. The largest absolute Gasteiger partial charge is 0.481 e. The van der Waals surface area contributed by atoms with Crippen LogP contribution in [0.15, 0.2) is 58.6 Å². The van der Waals surface area contributed by atoms with Crippen molar-refractivity contribution in [2.45, 2.75) is 13.5 Å². The molecule has 7 nitrogen and oxygen atoms in total. The molecule has 3 aromatic rings. The molecule has 0 aliphatic heterocycles. The first-order valence-corrected chi connectivity index (χ1v) is 8.84. The van der Waals surface area contributed by atoms with Gasteiger partial charge in [0.25, 0.3) is 5.82 Å². The highest BCUT2D eigenvalue weighted by Crippen LogP contribution is 2.16. The quantitative estimate of drug-likeness (QED) is 0.303. The third-order valence-corrected chi connectivity index (χ3v) is 4.35. The van der Waals surface area contributed by atoms with Gasteiger partial charge in [-0.05, 0) is 48.9 Å². The van der Waals surface area contributed by atoms with Crippen LogP contribution in [0, 0.1) is 0 Å². The molecular weight excluding hydrogens is 340 g/mol. The highest BCUT2D eigenvalue weighted by Gasteiger charge is 2.19. The molecule has 0 spiro atoms. The van der Waals surface area contributed by atoms with Crippen LogP contribution in [0.25, 0.3) is 11.0 Å². The van der Waals surface area contributed by atoms with E-state index in [-0.39, 0.29) is 0 Å². The van der Waals surface area contributed by atoms with Crippen molar-refractivity contribution in [3.8, 4) is 5.75 Å². The zero-order valence-corrected chi connectivity index (χ0v) is 15.9. The predicted molar refractivity (Wildman–Crippen MR) is 108 cm³/mol. The Labute approximate surface area is 158 Å². The summed E-state index contributed by atoms with van der Waals surface area (Å²) in [5.74, 6) is 2.20. The van der Waals surface area contributed by atoms with E-state index in [0.29, 0.717) is 19.1 Å². The SMILES string of the molecule is CCN=C(N)NN=Cc1ccc(OCc2n(C)c3ccccc3[n+]2C)cc1. The second-order valence-corrected chi connectivity index (χ2v) is 6.11. The molecule has 0 saturated carbocycles. The third kappa shape index (κ3) is 4.25. The van der Waals surface area contributed by atoms with Crippen LogP contribution < -0.4 is 20.5 Å². The fourth-order valence-corrected chi connectivity index (χ4v) is 2.90. The minimum absolute atomic E-state index is 0.302. The Morgan fingerprint density at radius 1 is 1.22 bits per heavy atom. The maximum absolute atomic E-state index is 5.97. The molecule has 0 unspecified atom stereocenters. The number of aromatic nitrogens is 2. The highest BCUT2D eigenvalue weighted by atomic mass is 16.5. The smallest absolute Gasteiger partial charge is 0.295 e. The molecule has 27 heavy (non-hydrogen) atoms. The normalized spacial score (nSPS) is 12.0. The maximum Gasteiger partial charge on any atom is 0.295 e. The lowest BCUT2D eigenvalue weighted by Crippen LogP contribution is -2.33. The van der Waals surface area contributed by atoms with Crippen LogP contribution >= 0.6 is 0 Å². The van der Waals surface area contributed by atoms with Crippen LogP contribution in [0.4, 0.5) is 0 Å². The fraction of sp³-hybridized carbons (Fsp3) is 0.250. The lowest BCUT2D eigenvalue weighted by molar-refractivity contribution is -0.655. The van der Waals surface area contributed by atoms with Crippen molar-refractivity contribution in [3.63, 3.8) is 0 Å². The molecule has 2 aromatic carbocycles. The monoisotopic (exact) mass is 365 g/mol. The van der Waals surface area contributed by atoms with Gasteiger partial charge >= 0.3 is 0 Å². The number of para-hydroxylation sites is 2. The minimum Gasteiger partial charge on any atom is -0.481 e. The molecule has 0 radical (unpaired) electrons. The zero-order valence-electron chi connectivity index (χ0n) is 15.9. The van der Waals surface area contributed by atoms with Crippen molar-refractivity contribution < 1.29 is 9.30 Å². The first-order chi connectivity index (χ1) is 13.1. The second kappa shape index (κ2) is 8.35. The number of rotatable bonds is 6. The van der Waals surface area contributed by atoms with Gasteiger partial charge in [0.2, 0.25) is 5.96 Å². The van der Waals surface area contributed by atoms with Crippen molar-refractivity contribution in [3.05, 3.63) is 59.9 Å². The Bertz CT molecular complexity index is 933. The van der Waals surface area contributed by atoms with Gasteiger partial charge < -0.3 is 10.5 Å². The lowest BCUT2D eigenvalue weighted by atomic mass is 10.2. The molecule has 0 bridgehead atoms. The van der Waals surface area contributed by atoms with E-state index in [4.69, 9.17) is 10.5 Å². The van der Waals surface area contributed by atoms with E-state index < -0.39 is 0 Å². The Hall–Kier alpha value is -3.35. The molecule has 0 amide bonds.